The van der Waals surface area contributed by atoms with Gasteiger partial charge in [0.05, 0.1) is 14.2 Å². The molecule has 11 nitrogen and oxygen atoms in total. The molecule has 0 amide bonds. The Balaban J connectivity index is 1.50. The number of oxime groups is 2. The first kappa shape index (κ1) is 36.5. The maximum atomic E-state index is 13.3. The summed E-state index contributed by atoms with van der Waals surface area (Å²) in [6.45, 7) is 4.92. The average Bonchev–Trinajstić information content (AvgIpc) is 3.06. The maximum Gasteiger partial charge on any atom is 0.367 e. The van der Waals surface area contributed by atoms with Crippen molar-refractivity contribution in [1.82, 2.24) is 0 Å². The van der Waals surface area contributed by atoms with E-state index in [1.54, 1.807) is 63.2 Å². The van der Waals surface area contributed by atoms with Crippen LogP contribution in [0.25, 0.3) is 0 Å². The molecule has 0 radical (unpaired) electrons. The lowest BCUT2D eigenvalue weighted by atomic mass is 10.0. The van der Waals surface area contributed by atoms with Gasteiger partial charge in [-0.3, -0.25) is 8.57 Å². The third kappa shape index (κ3) is 9.62. The number of nitrogens with zero attached hydrogens (tertiary/aromatic N) is 2. The number of methoxy groups -OCH3 is 2. The molecule has 0 fully saturated rings. The third-order valence-electron chi connectivity index (χ3n) is 6.54. The number of aryl methyl sites for hydroxylation is 2. The van der Waals surface area contributed by atoms with Crippen LogP contribution in [0.4, 0.5) is 0 Å². The fourth-order valence-corrected chi connectivity index (χ4v) is 8.06. The highest BCUT2D eigenvalue weighted by Crippen LogP contribution is 2.30. The Morgan fingerprint density at radius 3 is 1.98 bits per heavy atom. The Labute approximate surface area is 288 Å². The Morgan fingerprint density at radius 1 is 0.750 bits per heavy atom. The lowest BCUT2D eigenvalue weighted by molar-refractivity contribution is -0.132. The number of benzene rings is 4. The highest BCUT2D eigenvalue weighted by Gasteiger charge is 2.25. The van der Waals surface area contributed by atoms with Crippen LogP contribution in [0, 0.1) is 13.8 Å². The monoisotopic (exact) mass is 728 g/mol. The lowest BCUT2D eigenvalue weighted by Gasteiger charge is -2.14. The number of thioether (sulfide) groups is 2. The van der Waals surface area contributed by atoms with Crippen molar-refractivity contribution in [3.8, 4) is 5.75 Å². The van der Waals surface area contributed by atoms with Crippen LogP contribution in [0.5, 0.6) is 5.75 Å². The van der Waals surface area contributed by atoms with Crippen LogP contribution >= 0.6 is 23.5 Å². The molecule has 0 saturated carbocycles. The molecule has 0 saturated heterocycles. The summed E-state index contributed by atoms with van der Waals surface area (Å²) in [6.07, 6.45) is 0.433. The minimum Gasteiger partial charge on any atom is -0.497 e. The molecule has 4 rings (SSSR count). The summed E-state index contributed by atoms with van der Waals surface area (Å²) in [5.74, 6) is -0.335. The van der Waals surface area contributed by atoms with Crippen molar-refractivity contribution < 1.29 is 39.7 Å². The first-order valence-electron chi connectivity index (χ1n) is 14.1. The summed E-state index contributed by atoms with van der Waals surface area (Å²) in [7, 11) is -5.89. The van der Waals surface area contributed by atoms with E-state index in [4.69, 9.17) is 18.0 Å². The van der Waals surface area contributed by atoms with E-state index in [0.717, 1.165) is 34.9 Å². The van der Waals surface area contributed by atoms with Crippen LogP contribution in [0.15, 0.2) is 121 Å². The number of rotatable bonds is 11. The van der Waals surface area contributed by atoms with E-state index in [1.807, 2.05) is 24.3 Å². The van der Waals surface area contributed by atoms with Crippen LogP contribution in [0.1, 0.15) is 29.2 Å². The number of ether oxygens (including phenoxy) is 2. The van der Waals surface area contributed by atoms with Gasteiger partial charge in [0.1, 0.15) is 20.6 Å². The summed E-state index contributed by atoms with van der Waals surface area (Å²) < 4.78 is 71.5. The first-order valence-corrected chi connectivity index (χ1v) is 18.6. The standard InChI is InChI=1S/C33H32N2O9S4/c1-22-19-25(20-23(2)31(22)48(39,40)44-35-32(33(36)42-5)46-28-12-7-6-8-13-28)21-26-11-9-10-14-30(26)45-24(3)34-43-47(37,38)29-17-15-27(41-4)16-18-29/h6-20H,21H2,1-5H3. The molecule has 48 heavy (non-hydrogen) atoms. The van der Waals surface area contributed by atoms with Crippen LogP contribution in [0.3, 0.4) is 0 Å². The number of hydrogen-bond donors (Lipinski definition) is 0. The van der Waals surface area contributed by atoms with Crippen molar-refractivity contribution in [1.29, 1.82) is 0 Å². The summed E-state index contributed by atoms with van der Waals surface area (Å²) in [4.78, 5) is 13.6. The molecule has 0 aliphatic carbocycles. The second-order valence-electron chi connectivity index (χ2n) is 10.1. The Morgan fingerprint density at radius 2 is 1.35 bits per heavy atom. The molecule has 252 valence electrons. The molecule has 0 spiro atoms. The van der Waals surface area contributed by atoms with E-state index >= 15 is 0 Å². The van der Waals surface area contributed by atoms with E-state index in [9.17, 15) is 21.6 Å². The molecule has 0 unspecified atom stereocenters. The van der Waals surface area contributed by atoms with E-state index in [0.29, 0.717) is 33.2 Å². The summed E-state index contributed by atoms with van der Waals surface area (Å²) in [5.41, 5.74) is 2.57. The van der Waals surface area contributed by atoms with Gasteiger partial charge in [0.25, 0.3) is 0 Å². The summed E-state index contributed by atoms with van der Waals surface area (Å²) >= 11 is 2.14. The summed E-state index contributed by atoms with van der Waals surface area (Å²) in [5, 5.41) is 7.56. The normalized spacial score (nSPS) is 12.4. The zero-order valence-corrected chi connectivity index (χ0v) is 29.8. The minimum absolute atomic E-state index is 0.0615. The van der Waals surface area contributed by atoms with Gasteiger partial charge in [0, 0.05) is 9.79 Å². The average molecular weight is 729 g/mol. The quantitative estimate of drug-likeness (QED) is 0.0533. The molecule has 0 aliphatic rings. The molecule has 0 aromatic heterocycles. The summed E-state index contributed by atoms with van der Waals surface area (Å²) in [6, 6.07) is 25.5. The van der Waals surface area contributed by atoms with Crippen molar-refractivity contribution in [3.05, 3.63) is 113 Å². The van der Waals surface area contributed by atoms with Gasteiger partial charge in [-0.15, -0.1) is 0 Å². The largest absolute Gasteiger partial charge is 0.497 e. The fraction of sp³-hybridized carbons (Fsp3) is 0.182. The second-order valence-corrected chi connectivity index (χ2v) is 15.4. The molecule has 4 aromatic carbocycles. The predicted molar refractivity (Wildman–Crippen MR) is 185 cm³/mol. The van der Waals surface area contributed by atoms with Gasteiger partial charge in [-0.1, -0.05) is 82.4 Å². The van der Waals surface area contributed by atoms with Gasteiger partial charge in [0.2, 0.25) is 5.04 Å². The van der Waals surface area contributed by atoms with Crippen molar-refractivity contribution in [2.24, 2.45) is 10.3 Å². The SMILES string of the molecule is COC(=O)C(=NOS(=O)(=O)c1c(C)cc(Cc2ccccc2SC(C)=NOS(=O)(=O)c2ccc(OC)cc2)cc1C)Sc1ccccc1. The van der Waals surface area contributed by atoms with E-state index in [-0.39, 0.29) is 14.8 Å². The van der Waals surface area contributed by atoms with E-state index < -0.39 is 26.2 Å². The number of esters is 1. The highest BCUT2D eigenvalue weighted by atomic mass is 32.2. The molecule has 0 atom stereocenters. The van der Waals surface area contributed by atoms with Crippen molar-refractivity contribution >= 4 is 59.8 Å². The fourth-order valence-electron chi connectivity index (χ4n) is 4.48. The zero-order chi connectivity index (χ0) is 34.9. The zero-order valence-electron chi connectivity index (χ0n) is 26.6. The third-order valence-corrected chi connectivity index (χ3v) is 11.0. The van der Waals surface area contributed by atoms with Crippen LogP contribution in [-0.4, -0.2) is 47.1 Å². The molecule has 0 bridgehead atoms. The second kappa shape index (κ2) is 16.2. The lowest BCUT2D eigenvalue weighted by Crippen LogP contribution is -2.15. The highest BCUT2D eigenvalue weighted by molar-refractivity contribution is 8.15. The van der Waals surface area contributed by atoms with Gasteiger partial charge in [0.15, 0.2) is 0 Å². The molecule has 0 N–H and O–H groups in total. The molecule has 0 heterocycles. The maximum absolute atomic E-state index is 13.3. The molecule has 4 aromatic rings. The van der Waals surface area contributed by atoms with Gasteiger partial charge < -0.3 is 9.47 Å². The number of hydrogen-bond acceptors (Lipinski definition) is 13. The predicted octanol–water partition coefficient (Wildman–Crippen LogP) is 6.72. The minimum atomic E-state index is -4.40. The van der Waals surface area contributed by atoms with Crippen molar-refractivity contribution in [2.75, 3.05) is 14.2 Å². The smallest absolute Gasteiger partial charge is 0.367 e. The van der Waals surface area contributed by atoms with Gasteiger partial charge >= 0.3 is 26.2 Å². The number of carbonyl (C=O) groups is 1. The van der Waals surface area contributed by atoms with Crippen LogP contribution in [0.2, 0.25) is 0 Å². The Kier molecular flexibility index (Phi) is 12.3. The van der Waals surface area contributed by atoms with E-state index in [2.05, 4.69) is 10.3 Å². The van der Waals surface area contributed by atoms with Gasteiger partial charge in [-0.2, -0.15) is 16.8 Å². The van der Waals surface area contributed by atoms with Crippen LogP contribution < -0.4 is 4.74 Å². The first-order chi connectivity index (χ1) is 22.8. The van der Waals surface area contributed by atoms with Gasteiger partial charge in [-0.25, -0.2) is 4.79 Å². The topological polar surface area (TPSA) is 147 Å². The molecular weight excluding hydrogens is 697 g/mol. The van der Waals surface area contributed by atoms with Gasteiger partial charge in [-0.05, 0) is 91.9 Å². The molecular formula is C33H32N2O9S4. The molecule has 15 heteroatoms. The Hall–Kier alpha value is -4.31. The van der Waals surface area contributed by atoms with E-state index in [1.165, 1.54) is 43.1 Å². The van der Waals surface area contributed by atoms with Crippen LogP contribution in [-0.2, 0) is 44.8 Å². The van der Waals surface area contributed by atoms with Crippen molar-refractivity contribution in [2.45, 2.75) is 46.8 Å². The Bertz CT molecular complexity index is 2030. The van der Waals surface area contributed by atoms with Crippen molar-refractivity contribution in [3.63, 3.8) is 0 Å². The number of carbonyl (C=O) groups excluding carboxylic acids is 1. The molecule has 0 aliphatic heterocycles.